The van der Waals surface area contributed by atoms with Gasteiger partial charge in [0.2, 0.25) is 0 Å². The predicted molar refractivity (Wildman–Crippen MR) is 103 cm³/mol. The van der Waals surface area contributed by atoms with Crippen molar-refractivity contribution in [2.45, 2.75) is 50.4 Å². The van der Waals surface area contributed by atoms with Crippen LogP contribution in [0.4, 0.5) is 0 Å². The third kappa shape index (κ3) is 5.17. The van der Waals surface area contributed by atoms with Crippen LogP contribution in [0.2, 0.25) is 19.6 Å². The molecule has 1 atom stereocenters. The van der Waals surface area contributed by atoms with Gasteiger partial charge in [0.05, 0.1) is 5.60 Å². The van der Waals surface area contributed by atoms with Crippen LogP contribution >= 0.6 is 0 Å². The zero-order chi connectivity index (χ0) is 18.7. The molecular weight excluding hydrogens is 352 g/mol. The maximum absolute atomic E-state index is 12.3. The Labute approximate surface area is 152 Å². The molecule has 0 saturated carbocycles. The Morgan fingerprint density at radius 1 is 0.960 bits per heavy atom. The van der Waals surface area contributed by atoms with Crippen LogP contribution in [0.1, 0.15) is 25.8 Å². The van der Waals surface area contributed by atoms with E-state index in [4.69, 9.17) is 8.61 Å². The molecule has 2 rings (SSSR count). The van der Waals surface area contributed by atoms with Gasteiger partial charge in [-0.2, -0.15) is 8.42 Å². The van der Waals surface area contributed by atoms with E-state index in [1.165, 1.54) is 12.1 Å². The fourth-order valence-corrected chi connectivity index (χ4v) is 5.20. The van der Waals surface area contributed by atoms with Gasteiger partial charge in [-0.25, -0.2) is 0 Å². The molecular formula is C19H26O4SSi. The van der Waals surface area contributed by atoms with Gasteiger partial charge in [0.1, 0.15) is 10.6 Å². The van der Waals surface area contributed by atoms with Gasteiger partial charge in [-0.3, -0.25) is 0 Å². The summed E-state index contributed by atoms with van der Waals surface area (Å²) in [4.78, 5) is 0.138. The summed E-state index contributed by atoms with van der Waals surface area (Å²) in [5.41, 5.74) is 0.628. The Morgan fingerprint density at radius 2 is 1.52 bits per heavy atom. The molecule has 0 aliphatic carbocycles. The van der Waals surface area contributed by atoms with Gasteiger partial charge in [-0.1, -0.05) is 37.3 Å². The molecule has 0 heterocycles. The van der Waals surface area contributed by atoms with Gasteiger partial charge < -0.3 is 8.61 Å². The fourth-order valence-electron chi connectivity index (χ4n) is 2.64. The molecule has 0 spiro atoms. The van der Waals surface area contributed by atoms with Crippen molar-refractivity contribution in [3.8, 4) is 5.75 Å². The minimum atomic E-state index is -3.82. The number of hydrogen-bond acceptors (Lipinski definition) is 4. The summed E-state index contributed by atoms with van der Waals surface area (Å²) in [6, 6.07) is 15.2. The maximum Gasteiger partial charge on any atom is 0.339 e. The third-order valence-corrected chi connectivity index (χ3v) is 6.23. The largest absolute Gasteiger partial charge is 0.408 e. The van der Waals surface area contributed by atoms with Gasteiger partial charge in [0.25, 0.3) is 0 Å². The first kappa shape index (κ1) is 19.7. The summed E-state index contributed by atoms with van der Waals surface area (Å²) in [6.07, 6.45) is 0.833. The lowest BCUT2D eigenvalue weighted by Gasteiger charge is -2.36. The van der Waals surface area contributed by atoms with Crippen molar-refractivity contribution in [1.29, 1.82) is 0 Å². The van der Waals surface area contributed by atoms with Crippen molar-refractivity contribution in [3.63, 3.8) is 0 Å². The van der Waals surface area contributed by atoms with E-state index < -0.39 is 18.4 Å². The molecule has 0 aliphatic heterocycles. The lowest BCUT2D eigenvalue weighted by molar-refractivity contribution is 0.0740. The summed E-state index contributed by atoms with van der Waals surface area (Å²) in [6.45, 7) is 10.6. The maximum atomic E-state index is 12.3. The lowest BCUT2D eigenvalue weighted by atomic mass is 9.93. The van der Waals surface area contributed by atoms with Crippen LogP contribution in [-0.4, -0.2) is 16.7 Å². The van der Waals surface area contributed by atoms with Crippen molar-refractivity contribution in [2.24, 2.45) is 0 Å². The summed E-state index contributed by atoms with van der Waals surface area (Å²) in [5.74, 6) is 0.291. The van der Waals surface area contributed by atoms with E-state index in [9.17, 15) is 8.42 Å². The molecule has 4 nitrogen and oxygen atoms in total. The average Bonchev–Trinajstić information content (AvgIpc) is 2.54. The molecule has 2 aromatic rings. The molecule has 0 bridgehead atoms. The lowest BCUT2D eigenvalue weighted by Crippen LogP contribution is -2.38. The van der Waals surface area contributed by atoms with Gasteiger partial charge in [0, 0.05) is 0 Å². The van der Waals surface area contributed by atoms with E-state index in [0.29, 0.717) is 5.75 Å². The molecule has 2 aromatic carbocycles. The molecule has 0 saturated heterocycles. The van der Waals surface area contributed by atoms with Crippen LogP contribution in [0.25, 0.3) is 0 Å². The van der Waals surface area contributed by atoms with Crippen LogP contribution in [-0.2, 0) is 20.1 Å². The van der Waals surface area contributed by atoms with Crippen molar-refractivity contribution in [2.75, 3.05) is 0 Å². The Balaban J connectivity index is 2.22. The van der Waals surface area contributed by atoms with Crippen LogP contribution in [0.3, 0.4) is 0 Å². The molecule has 6 heteroatoms. The SMILES string of the molecule is CCC(C)(O[Si](C)(C)C)c1ccc(OS(=O)(=O)c2ccccc2)cc1. The fraction of sp³-hybridized carbons (Fsp3) is 0.368. The van der Waals surface area contributed by atoms with Gasteiger partial charge in [0.15, 0.2) is 8.32 Å². The predicted octanol–water partition coefficient (Wildman–Crippen LogP) is 4.93. The van der Waals surface area contributed by atoms with Crippen molar-refractivity contribution in [3.05, 3.63) is 60.2 Å². The zero-order valence-corrected chi connectivity index (χ0v) is 17.3. The van der Waals surface area contributed by atoms with E-state index in [-0.39, 0.29) is 10.5 Å². The quantitative estimate of drug-likeness (QED) is 0.506. The van der Waals surface area contributed by atoms with Crippen LogP contribution in [0.15, 0.2) is 59.5 Å². The van der Waals surface area contributed by atoms with Gasteiger partial charge in [-0.15, -0.1) is 0 Å². The van der Waals surface area contributed by atoms with Crippen molar-refractivity contribution < 1.29 is 17.0 Å². The van der Waals surface area contributed by atoms with E-state index in [0.717, 1.165) is 12.0 Å². The Morgan fingerprint density at radius 3 is 2.00 bits per heavy atom. The second-order valence-corrected chi connectivity index (χ2v) is 13.1. The summed E-state index contributed by atoms with van der Waals surface area (Å²) in [7, 11) is -5.54. The van der Waals surface area contributed by atoms with Crippen LogP contribution < -0.4 is 4.18 Å². The molecule has 0 fully saturated rings. The highest BCUT2D eigenvalue weighted by atomic mass is 32.2. The topological polar surface area (TPSA) is 52.6 Å². The third-order valence-electron chi connectivity index (χ3n) is 3.91. The minimum absolute atomic E-state index is 0.138. The van der Waals surface area contributed by atoms with E-state index in [2.05, 4.69) is 33.5 Å². The summed E-state index contributed by atoms with van der Waals surface area (Å²) < 4.78 is 36.2. The smallest absolute Gasteiger partial charge is 0.339 e. The molecule has 0 amide bonds. The van der Waals surface area contributed by atoms with Gasteiger partial charge in [-0.05, 0) is 62.8 Å². The Bertz CT molecular complexity index is 796. The standard InChI is InChI=1S/C19H26O4SSi/c1-6-19(2,23-25(3,4)5)16-12-14-17(15-13-16)22-24(20,21)18-10-8-7-9-11-18/h7-15H,6H2,1-5H3. The van der Waals surface area contributed by atoms with Crippen molar-refractivity contribution >= 4 is 18.4 Å². The molecule has 136 valence electrons. The Hall–Kier alpha value is -1.63. The van der Waals surface area contributed by atoms with E-state index in [1.54, 1.807) is 30.3 Å². The highest BCUT2D eigenvalue weighted by molar-refractivity contribution is 7.87. The summed E-state index contributed by atoms with van der Waals surface area (Å²) in [5, 5.41) is 0. The van der Waals surface area contributed by atoms with Gasteiger partial charge >= 0.3 is 10.1 Å². The number of rotatable bonds is 7. The van der Waals surface area contributed by atoms with E-state index in [1.807, 2.05) is 12.1 Å². The van der Waals surface area contributed by atoms with E-state index >= 15 is 0 Å². The summed E-state index contributed by atoms with van der Waals surface area (Å²) >= 11 is 0. The molecule has 25 heavy (non-hydrogen) atoms. The molecule has 0 aliphatic rings. The number of hydrogen-bond donors (Lipinski definition) is 0. The highest BCUT2D eigenvalue weighted by Crippen LogP contribution is 2.33. The number of benzene rings is 2. The molecule has 0 radical (unpaired) electrons. The second-order valence-electron chi connectivity index (χ2n) is 7.17. The highest BCUT2D eigenvalue weighted by Gasteiger charge is 2.31. The first-order chi connectivity index (χ1) is 11.6. The minimum Gasteiger partial charge on any atom is -0.408 e. The Kier molecular flexibility index (Phi) is 5.76. The van der Waals surface area contributed by atoms with Crippen molar-refractivity contribution in [1.82, 2.24) is 0 Å². The zero-order valence-electron chi connectivity index (χ0n) is 15.4. The normalized spacial score (nSPS) is 14.8. The monoisotopic (exact) mass is 378 g/mol. The second kappa shape index (κ2) is 7.31. The van der Waals surface area contributed by atoms with Crippen LogP contribution in [0, 0.1) is 0 Å². The molecule has 0 aromatic heterocycles. The molecule has 1 unspecified atom stereocenters. The average molecular weight is 379 g/mol. The van der Waals surface area contributed by atoms with Crippen LogP contribution in [0.5, 0.6) is 5.75 Å². The first-order valence-electron chi connectivity index (χ1n) is 8.36. The first-order valence-corrected chi connectivity index (χ1v) is 13.2. The molecule has 0 N–H and O–H groups in total.